The summed E-state index contributed by atoms with van der Waals surface area (Å²) in [6, 6.07) is -0.163. The Hall–Kier alpha value is -0.940. The van der Waals surface area contributed by atoms with Crippen LogP contribution < -0.4 is 5.32 Å². The van der Waals surface area contributed by atoms with E-state index in [1.54, 1.807) is 0 Å². The highest BCUT2D eigenvalue weighted by Crippen LogP contribution is 2.25. The second-order valence-electron chi connectivity index (χ2n) is 6.42. The van der Waals surface area contributed by atoms with Crippen molar-refractivity contribution >= 4 is 11.8 Å². The third-order valence-corrected chi connectivity index (χ3v) is 3.83. The van der Waals surface area contributed by atoms with Gasteiger partial charge in [0.1, 0.15) is 0 Å². The molecule has 2 fully saturated rings. The molecule has 2 aliphatic heterocycles. The van der Waals surface area contributed by atoms with E-state index in [2.05, 4.69) is 19.2 Å². The minimum absolute atomic E-state index is 0.0575. The van der Waals surface area contributed by atoms with Gasteiger partial charge in [-0.2, -0.15) is 0 Å². The van der Waals surface area contributed by atoms with Crippen LogP contribution >= 0.6 is 0 Å². The third-order valence-electron chi connectivity index (χ3n) is 3.83. The molecule has 0 aromatic rings. The van der Waals surface area contributed by atoms with Crippen molar-refractivity contribution in [2.45, 2.75) is 70.7 Å². The molecule has 1 N–H and O–H groups in total. The summed E-state index contributed by atoms with van der Waals surface area (Å²) in [4.78, 5) is 25.4. The number of ether oxygens (including phenoxy) is 1. The number of amides is 2. The summed E-state index contributed by atoms with van der Waals surface area (Å²) in [6.07, 6.45) is 2.05. The Morgan fingerprint density at radius 3 is 2.58 bits per heavy atom. The molecule has 2 atom stereocenters. The maximum absolute atomic E-state index is 12.2. The first kappa shape index (κ1) is 14.5. The van der Waals surface area contributed by atoms with Gasteiger partial charge >= 0.3 is 0 Å². The van der Waals surface area contributed by atoms with Crippen LogP contribution in [0.1, 0.15) is 47.0 Å². The van der Waals surface area contributed by atoms with Crippen molar-refractivity contribution in [3.63, 3.8) is 0 Å². The van der Waals surface area contributed by atoms with E-state index < -0.39 is 0 Å². The molecule has 0 radical (unpaired) electrons. The van der Waals surface area contributed by atoms with E-state index in [0.29, 0.717) is 6.61 Å². The zero-order valence-corrected chi connectivity index (χ0v) is 12.2. The maximum atomic E-state index is 12.2. The number of nitrogens with one attached hydrogen (secondary N) is 1. The predicted octanol–water partition coefficient (Wildman–Crippen LogP) is 1.07. The van der Waals surface area contributed by atoms with Crippen LogP contribution in [0.3, 0.4) is 0 Å². The Morgan fingerprint density at radius 1 is 1.37 bits per heavy atom. The quantitative estimate of drug-likeness (QED) is 0.778. The van der Waals surface area contributed by atoms with E-state index in [0.717, 1.165) is 12.8 Å². The van der Waals surface area contributed by atoms with Gasteiger partial charge in [-0.05, 0) is 40.5 Å². The number of carbonyl (C=O) groups excluding carboxylic acids is 2. The highest BCUT2D eigenvalue weighted by Gasteiger charge is 2.41. The minimum Gasteiger partial charge on any atom is -0.375 e. The van der Waals surface area contributed by atoms with Crippen molar-refractivity contribution < 1.29 is 14.3 Å². The molecule has 2 saturated heterocycles. The second kappa shape index (κ2) is 5.21. The van der Waals surface area contributed by atoms with Gasteiger partial charge in [-0.3, -0.25) is 14.5 Å². The van der Waals surface area contributed by atoms with Crippen LogP contribution in [0.4, 0.5) is 0 Å². The first-order valence-electron chi connectivity index (χ1n) is 7.06. The van der Waals surface area contributed by atoms with E-state index in [-0.39, 0.29) is 42.0 Å². The monoisotopic (exact) mass is 268 g/mol. The SMILES string of the molecule is CC(C)N1C(=O)CC(NC2CCOC(C)(C)C2)C1=O. The average molecular weight is 268 g/mol. The van der Waals surface area contributed by atoms with E-state index in [9.17, 15) is 9.59 Å². The molecular formula is C14H24N2O3. The molecule has 19 heavy (non-hydrogen) atoms. The van der Waals surface area contributed by atoms with E-state index in [4.69, 9.17) is 4.74 Å². The van der Waals surface area contributed by atoms with Gasteiger partial charge in [0.25, 0.3) is 0 Å². The summed E-state index contributed by atoms with van der Waals surface area (Å²) >= 11 is 0. The average Bonchev–Trinajstić information content (AvgIpc) is 2.52. The summed E-state index contributed by atoms with van der Waals surface area (Å²) in [5.41, 5.74) is -0.153. The summed E-state index contributed by atoms with van der Waals surface area (Å²) in [6.45, 7) is 8.56. The molecule has 2 unspecified atom stereocenters. The van der Waals surface area contributed by atoms with Crippen molar-refractivity contribution in [2.24, 2.45) is 0 Å². The molecule has 0 spiro atoms. The molecule has 0 aliphatic carbocycles. The lowest BCUT2D eigenvalue weighted by atomic mass is 9.93. The molecule has 0 saturated carbocycles. The minimum atomic E-state index is -0.353. The summed E-state index contributed by atoms with van der Waals surface area (Å²) in [5.74, 6) is -0.145. The fourth-order valence-electron chi connectivity index (χ4n) is 2.98. The molecule has 0 aromatic carbocycles. The molecule has 0 bridgehead atoms. The molecule has 2 amide bonds. The molecule has 2 heterocycles. The molecule has 2 rings (SSSR count). The lowest BCUT2D eigenvalue weighted by Gasteiger charge is -2.36. The first-order chi connectivity index (χ1) is 8.80. The van der Waals surface area contributed by atoms with Crippen molar-refractivity contribution in [3.8, 4) is 0 Å². The maximum Gasteiger partial charge on any atom is 0.247 e. The van der Waals surface area contributed by atoms with E-state index in [1.807, 2.05) is 13.8 Å². The molecule has 0 aromatic heterocycles. The third kappa shape index (κ3) is 3.15. The largest absolute Gasteiger partial charge is 0.375 e. The van der Waals surface area contributed by atoms with Crippen LogP contribution in [0.2, 0.25) is 0 Å². The fourth-order valence-corrected chi connectivity index (χ4v) is 2.98. The summed E-state index contributed by atoms with van der Waals surface area (Å²) < 4.78 is 5.67. The standard InChI is InChI=1S/C14H24N2O3/c1-9(2)16-12(17)7-11(13(16)18)15-10-5-6-19-14(3,4)8-10/h9-11,15H,5-8H2,1-4H3. The Kier molecular flexibility index (Phi) is 3.97. The van der Waals surface area contributed by atoms with Crippen LogP contribution in [-0.2, 0) is 14.3 Å². The van der Waals surface area contributed by atoms with Gasteiger partial charge < -0.3 is 10.1 Å². The number of rotatable bonds is 3. The highest BCUT2D eigenvalue weighted by molar-refractivity contribution is 6.05. The van der Waals surface area contributed by atoms with Crippen LogP contribution in [0.5, 0.6) is 0 Å². The summed E-state index contributed by atoms with van der Waals surface area (Å²) in [7, 11) is 0. The van der Waals surface area contributed by atoms with E-state index in [1.165, 1.54) is 4.90 Å². The number of nitrogens with zero attached hydrogens (tertiary/aromatic N) is 1. The Balaban J connectivity index is 1.97. The van der Waals surface area contributed by atoms with Gasteiger partial charge in [0.05, 0.1) is 18.1 Å². The predicted molar refractivity (Wildman–Crippen MR) is 71.6 cm³/mol. The molecule has 5 heteroatoms. The number of carbonyl (C=O) groups is 2. The van der Waals surface area contributed by atoms with Gasteiger partial charge in [-0.1, -0.05) is 0 Å². The van der Waals surface area contributed by atoms with Gasteiger partial charge in [0.15, 0.2) is 0 Å². The van der Waals surface area contributed by atoms with Crippen LogP contribution in [-0.4, -0.2) is 47.0 Å². The van der Waals surface area contributed by atoms with Gasteiger partial charge in [-0.15, -0.1) is 0 Å². The highest BCUT2D eigenvalue weighted by atomic mass is 16.5. The molecule has 5 nitrogen and oxygen atoms in total. The van der Waals surface area contributed by atoms with E-state index >= 15 is 0 Å². The van der Waals surface area contributed by atoms with Gasteiger partial charge in [-0.25, -0.2) is 0 Å². The smallest absolute Gasteiger partial charge is 0.247 e. The molecule has 108 valence electrons. The first-order valence-corrected chi connectivity index (χ1v) is 7.06. The zero-order valence-electron chi connectivity index (χ0n) is 12.2. The number of imide groups is 1. The second-order valence-corrected chi connectivity index (χ2v) is 6.42. The Morgan fingerprint density at radius 2 is 2.05 bits per heavy atom. The van der Waals surface area contributed by atoms with Gasteiger partial charge in [0.2, 0.25) is 11.8 Å². The van der Waals surface area contributed by atoms with Crippen molar-refractivity contribution in [1.82, 2.24) is 10.2 Å². The van der Waals surface area contributed by atoms with Crippen LogP contribution in [0, 0.1) is 0 Å². The van der Waals surface area contributed by atoms with Crippen molar-refractivity contribution in [2.75, 3.05) is 6.61 Å². The van der Waals surface area contributed by atoms with Gasteiger partial charge in [0, 0.05) is 18.7 Å². The molecular weight excluding hydrogens is 244 g/mol. The van der Waals surface area contributed by atoms with Crippen LogP contribution in [0.15, 0.2) is 0 Å². The number of hydrogen-bond acceptors (Lipinski definition) is 4. The van der Waals surface area contributed by atoms with Crippen molar-refractivity contribution in [3.05, 3.63) is 0 Å². The number of hydrogen-bond donors (Lipinski definition) is 1. The van der Waals surface area contributed by atoms with Crippen LogP contribution in [0.25, 0.3) is 0 Å². The Bertz CT molecular complexity index is 379. The van der Waals surface area contributed by atoms with Crippen molar-refractivity contribution in [1.29, 1.82) is 0 Å². The fraction of sp³-hybridized carbons (Fsp3) is 0.857. The lowest BCUT2D eigenvalue weighted by Crippen LogP contribution is -2.50. The summed E-state index contributed by atoms with van der Waals surface area (Å²) in [5, 5.41) is 3.35. The number of likely N-dealkylation sites (tertiary alicyclic amines) is 1. The lowest BCUT2D eigenvalue weighted by molar-refractivity contribution is -0.141. The zero-order chi connectivity index (χ0) is 14.2. The normalized spacial score (nSPS) is 31.3. The molecule has 2 aliphatic rings. The topological polar surface area (TPSA) is 58.6 Å². The Labute approximate surface area is 114 Å².